The highest BCUT2D eigenvalue weighted by Crippen LogP contribution is 2.18. The third-order valence-corrected chi connectivity index (χ3v) is 5.50. The quantitative estimate of drug-likeness (QED) is 0.413. The molecule has 0 radical (unpaired) electrons. The van der Waals surface area contributed by atoms with Crippen LogP contribution >= 0.6 is 0 Å². The summed E-state index contributed by atoms with van der Waals surface area (Å²) in [5.41, 5.74) is 1.64. The van der Waals surface area contributed by atoms with Gasteiger partial charge in [-0.1, -0.05) is 12.1 Å². The van der Waals surface area contributed by atoms with Gasteiger partial charge in [-0.3, -0.25) is 4.79 Å². The highest BCUT2D eigenvalue weighted by molar-refractivity contribution is 5.94. The number of benzene rings is 1. The summed E-state index contributed by atoms with van der Waals surface area (Å²) in [7, 11) is 0. The molecule has 29 heavy (non-hydrogen) atoms. The number of carbonyl (C=O) groups excluding carboxylic acids is 1. The number of carbonyl (C=O) groups is 1. The van der Waals surface area contributed by atoms with Crippen molar-refractivity contribution in [1.29, 1.82) is 0 Å². The van der Waals surface area contributed by atoms with E-state index in [1.165, 1.54) is 0 Å². The highest BCUT2D eigenvalue weighted by atomic mass is 16.5. The van der Waals surface area contributed by atoms with Crippen molar-refractivity contribution in [2.45, 2.75) is 70.2 Å². The predicted molar refractivity (Wildman–Crippen MR) is 114 cm³/mol. The largest absolute Gasteiger partial charge is 0.393 e. The van der Waals surface area contributed by atoms with Crippen LogP contribution in [0.2, 0.25) is 0 Å². The smallest absolute Gasteiger partial charge is 0.251 e. The topological polar surface area (TPSA) is 95.0 Å². The van der Waals surface area contributed by atoms with Crippen LogP contribution < -0.4 is 16.0 Å². The number of nitrogens with one attached hydrogen (secondary N) is 3. The number of nitrogens with zero attached hydrogens (tertiary/aromatic N) is 1. The standard InChI is InChI=1S/C22H34N4O3/c1-2-23-22(26-18-8-10-19(27)11-9-18)25-14-16-5-3-6-17(13-16)21(28)24-15-20-7-4-12-29-20/h3,5-6,13,18-20,27H,2,4,7-12,14-15H2,1H3,(H,24,28)(H2,23,25,26). The van der Waals surface area contributed by atoms with Gasteiger partial charge in [0.15, 0.2) is 5.96 Å². The molecule has 3 rings (SSSR count). The van der Waals surface area contributed by atoms with Crippen molar-refractivity contribution in [2.24, 2.45) is 4.99 Å². The molecule has 0 bridgehead atoms. The van der Waals surface area contributed by atoms with E-state index in [0.717, 1.165) is 63.2 Å². The Hall–Kier alpha value is -2.12. The van der Waals surface area contributed by atoms with Crippen LogP contribution in [0.25, 0.3) is 0 Å². The van der Waals surface area contributed by atoms with Gasteiger partial charge in [-0.15, -0.1) is 0 Å². The molecule has 0 spiro atoms. The first-order valence-corrected chi connectivity index (χ1v) is 10.9. The lowest BCUT2D eigenvalue weighted by Crippen LogP contribution is -2.45. The van der Waals surface area contributed by atoms with Crippen LogP contribution in [0.1, 0.15) is 61.4 Å². The molecule has 1 heterocycles. The van der Waals surface area contributed by atoms with Gasteiger partial charge in [-0.05, 0) is 63.1 Å². The fraction of sp³-hybridized carbons (Fsp3) is 0.636. The Morgan fingerprint density at radius 3 is 2.76 bits per heavy atom. The Bertz CT molecular complexity index is 680. The number of amides is 1. The molecule has 7 heteroatoms. The monoisotopic (exact) mass is 402 g/mol. The summed E-state index contributed by atoms with van der Waals surface area (Å²) in [4.78, 5) is 17.1. The van der Waals surface area contributed by atoms with E-state index in [1.807, 2.05) is 31.2 Å². The zero-order valence-electron chi connectivity index (χ0n) is 17.3. The maximum absolute atomic E-state index is 12.4. The van der Waals surface area contributed by atoms with Crippen LogP contribution in [0.15, 0.2) is 29.3 Å². The Kier molecular flexibility index (Phi) is 8.31. The van der Waals surface area contributed by atoms with Gasteiger partial charge < -0.3 is 25.8 Å². The number of ether oxygens (including phenoxy) is 1. The molecule has 2 fully saturated rings. The van der Waals surface area contributed by atoms with E-state index in [1.54, 1.807) is 0 Å². The molecule has 1 aromatic carbocycles. The number of aliphatic hydroxyl groups is 1. The van der Waals surface area contributed by atoms with Gasteiger partial charge in [-0.25, -0.2) is 4.99 Å². The van der Waals surface area contributed by atoms with Crippen molar-refractivity contribution in [1.82, 2.24) is 16.0 Å². The number of rotatable bonds is 7. The van der Waals surface area contributed by atoms with Crippen molar-refractivity contribution in [3.05, 3.63) is 35.4 Å². The van der Waals surface area contributed by atoms with E-state index in [2.05, 4.69) is 20.9 Å². The second-order valence-corrected chi connectivity index (χ2v) is 7.89. The van der Waals surface area contributed by atoms with Crippen molar-refractivity contribution in [3.8, 4) is 0 Å². The third kappa shape index (κ3) is 7.01. The number of aliphatic imine (C=N–C) groups is 1. The van der Waals surface area contributed by atoms with Crippen LogP contribution in [0.5, 0.6) is 0 Å². The van der Waals surface area contributed by atoms with Crippen molar-refractivity contribution >= 4 is 11.9 Å². The summed E-state index contributed by atoms with van der Waals surface area (Å²) in [6.07, 6.45) is 5.62. The molecule has 4 N–H and O–H groups in total. The first-order chi connectivity index (χ1) is 14.1. The fourth-order valence-corrected chi connectivity index (χ4v) is 3.83. The Balaban J connectivity index is 1.54. The van der Waals surface area contributed by atoms with E-state index in [9.17, 15) is 9.90 Å². The second-order valence-electron chi connectivity index (χ2n) is 7.89. The lowest BCUT2D eigenvalue weighted by atomic mass is 9.93. The molecule has 1 atom stereocenters. The summed E-state index contributed by atoms with van der Waals surface area (Å²) >= 11 is 0. The van der Waals surface area contributed by atoms with E-state index in [4.69, 9.17) is 4.74 Å². The molecule has 1 aliphatic heterocycles. The molecular weight excluding hydrogens is 368 g/mol. The predicted octanol–water partition coefficient (Wildman–Crippen LogP) is 1.95. The summed E-state index contributed by atoms with van der Waals surface area (Å²) in [5, 5.41) is 19.4. The van der Waals surface area contributed by atoms with Gasteiger partial charge in [0.05, 0.1) is 18.8 Å². The minimum atomic E-state index is -0.165. The molecule has 1 unspecified atom stereocenters. The molecule has 1 saturated heterocycles. The third-order valence-electron chi connectivity index (χ3n) is 5.50. The van der Waals surface area contributed by atoms with Crippen LogP contribution in [0.3, 0.4) is 0 Å². The van der Waals surface area contributed by atoms with Crippen molar-refractivity contribution in [3.63, 3.8) is 0 Å². The number of hydrogen-bond donors (Lipinski definition) is 4. The second kappa shape index (κ2) is 11.2. The van der Waals surface area contributed by atoms with Gasteiger partial charge in [0.1, 0.15) is 0 Å². The normalized spacial score (nSPS) is 24.9. The molecule has 1 aromatic rings. The molecule has 7 nitrogen and oxygen atoms in total. The minimum Gasteiger partial charge on any atom is -0.393 e. The van der Waals surface area contributed by atoms with Gasteiger partial charge in [0, 0.05) is 31.3 Å². The molecule has 160 valence electrons. The van der Waals surface area contributed by atoms with E-state index in [0.29, 0.717) is 24.7 Å². The van der Waals surface area contributed by atoms with Gasteiger partial charge in [0.25, 0.3) is 5.91 Å². The Morgan fingerprint density at radius 1 is 1.21 bits per heavy atom. The number of aliphatic hydroxyl groups excluding tert-OH is 1. The minimum absolute atomic E-state index is 0.0721. The van der Waals surface area contributed by atoms with Gasteiger partial charge >= 0.3 is 0 Å². The molecule has 1 amide bonds. The SMILES string of the molecule is CCNC(=NCc1cccc(C(=O)NCC2CCCO2)c1)NC1CCC(O)CC1. The van der Waals surface area contributed by atoms with Crippen LogP contribution in [-0.2, 0) is 11.3 Å². The number of guanidine groups is 1. The highest BCUT2D eigenvalue weighted by Gasteiger charge is 2.20. The molecule has 2 aliphatic rings. The van der Waals surface area contributed by atoms with Gasteiger partial charge in [-0.2, -0.15) is 0 Å². The van der Waals surface area contributed by atoms with Crippen molar-refractivity contribution < 1.29 is 14.6 Å². The lowest BCUT2D eigenvalue weighted by molar-refractivity contribution is 0.0857. The average Bonchev–Trinajstić information content (AvgIpc) is 3.26. The molecule has 1 saturated carbocycles. The maximum Gasteiger partial charge on any atom is 0.251 e. The van der Waals surface area contributed by atoms with Crippen LogP contribution in [0.4, 0.5) is 0 Å². The summed E-state index contributed by atoms with van der Waals surface area (Å²) in [6, 6.07) is 7.95. The molecule has 1 aliphatic carbocycles. The molecular formula is C22H34N4O3. The first kappa shape index (κ1) is 21.6. The van der Waals surface area contributed by atoms with E-state index < -0.39 is 0 Å². The Morgan fingerprint density at radius 2 is 2.03 bits per heavy atom. The van der Waals surface area contributed by atoms with Crippen molar-refractivity contribution in [2.75, 3.05) is 19.7 Å². The van der Waals surface area contributed by atoms with Crippen LogP contribution in [-0.4, -0.2) is 54.9 Å². The van der Waals surface area contributed by atoms with Gasteiger partial charge in [0.2, 0.25) is 0 Å². The first-order valence-electron chi connectivity index (χ1n) is 10.9. The molecule has 0 aromatic heterocycles. The fourth-order valence-electron chi connectivity index (χ4n) is 3.83. The number of hydrogen-bond acceptors (Lipinski definition) is 4. The maximum atomic E-state index is 12.4. The summed E-state index contributed by atoms with van der Waals surface area (Å²) in [5.74, 6) is 0.708. The summed E-state index contributed by atoms with van der Waals surface area (Å²) < 4.78 is 5.56. The zero-order chi connectivity index (χ0) is 20.5. The average molecular weight is 403 g/mol. The van der Waals surface area contributed by atoms with E-state index in [-0.39, 0.29) is 18.1 Å². The van der Waals surface area contributed by atoms with Crippen LogP contribution in [0, 0.1) is 0 Å². The van der Waals surface area contributed by atoms with E-state index >= 15 is 0 Å². The lowest BCUT2D eigenvalue weighted by Gasteiger charge is -2.27. The zero-order valence-corrected chi connectivity index (χ0v) is 17.3. The Labute approximate surface area is 173 Å². The summed E-state index contributed by atoms with van der Waals surface area (Å²) in [6.45, 7) is 4.68.